The third-order valence-electron chi connectivity index (χ3n) is 4.15. The van der Waals surface area contributed by atoms with Crippen LogP contribution in [-0.2, 0) is 4.74 Å². The minimum atomic E-state index is -0.540. The Balaban J connectivity index is 1.84. The molecule has 0 fully saturated rings. The first-order valence-corrected chi connectivity index (χ1v) is 9.68. The van der Waals surface area contributed by atoms with Crippen molar-refractivity contribution in [3.8, 4) is 17.1 Å². The van der Waals surface area contributed by atoms with Crippen molar-refractivity contribution in [2.24, 2.45) is 0 Å². The second kappa shape index (κ2) is 8.86. The van der Waals surface area contributed by atoms with Crippen molar-refractivity contribution in [2.75, 3.05) is 31.2 Å². The highest BCUT2D eigenvalue weighted by atomic mass is 16.6. The Kier molecular flexibility index (Phi) is 6.25. The number of nitrogen functional groups attached to an aromatic ring is 1. The first kappa shape index (κ1) is 21.2. The number of benzene rings is 2. The number of fused-ring (bicyclic) bond motifs is 1. The van der Waals surface area contributed by atoms with Gasteiger partial charge in [0.25, 0.3) is 0 Å². The lowest BCUT2D eigenvalue weighted by Crippen LogP contribution is -2.35. The lowest BCUT2D eigenvalue weighted by atomic mass is 10.1. The maximum Gasteiger partial charge on any atom is 0.407 e. The number of rotatable bonds is 6. The molecule has 0 aliphatic carbocycles. The molecule has 3 aromatic rings. The Hall–Kier alpha value is -3.55. The summed E-state index contributed by atoms with van der Waals surface area (Å²) in [7, 11) is 1.61. The third-order valence-corrected chi connectivity index (χ3v) is 4.15. The molecule has 0 unspecified atom stereocenters. The molecule has 1 aromatic heterocycles. The number of amides is 1. The van der Waals surface area contributed by atoms with Crippen LogP contribution in [-0.4, -0.2) is 41.9 Å². The van der Waals surface area contributed by atoms with Crippen LogP contribution in [0.4, 0.5) is 16.3 Å². The van der Waals surface area contributed by atoms with Gasteiger partial charge < -0.3 is 25.8 Å². The quantitative estimate of drug-likeness (QED) is 0.419. The topological polar surface area (TPSA) is 111 Å². The zero-order valence-corrected chi connectivity index (χ0v) is 17.7. The summed E-state index contributed by atoms with van der Waals surface area (Å²) in [4.78, 5) is 21.2. The van der Waals surface area contributed by atoms with E-state index in [1.54, 1.807) is 13.2 Å². The van der Waals surface area contributed by atoms with E-state index in [2.05, 4.69) is 15.6 Å². The van der Waals surface area contributed by atoms with Crippen molar-refractivity contribution < 1.29 is 14.3 Å². The number of alkyl carbamates (subject to hydrolysis) is 1. The summed E-state index contributed by atoms with van der Waals surface area (Å²) in [6, 6.07) is 13.1. The maximum absolute atomic E-state index is 11.8. The number of nitrogens with two attached hydrogens (primary N) is 1. The highest BCUT2D eigenvalue weighted by molar-refractivity contribution is 5.93. The fourth-order valence-corrected chi connectivity index (χ4v) is 2.89. The summed E-state index contributed by atoms with van der Waals surface area (Å²) >= 11 is 0. The normalized spacial score (nSPS) is 11.2. The van der Waals surface area contributed by atoms with E-state index in [0.717, 1.165) is 16.5 Å². The average Bonchev–Trinajstić information content (AvgIpc) is 2.69. The van der Waals surface area contributed by atoms with Gasteiger partial charge in [0.1, 0.15) is 17.2 Å². The first-order chi connectivity index (χ1) is 14.3. The number of nitrogens with one attached hydrogen (secondary N) is 2. The van der Waals surface area contributed by atoms with Gasteiger partial charge in [-0.15, -0.1) is 0 Å². The van der Waals surface area contributed by atoms with Gasteiger partial charge in [0.05, 0.1) is 18.2 Å². The molecule has 0 radical (unpaired) electrons. The molecule has 30 heavy (non-hydrogen) atoms. The van der Waals surface area contributed by atoms with Crippen molar-refractivity contribution >= 4 is 28.5 Å². The predicted octanol–water partition coefficient (Wildman–Crippen LogP) is 3.82. The van der Waals surface area contributed by atoms with Crippen molar-refractivity contribution in [1.29, 1.82) is 0 Å². The largest absolute Gasteiger partial charge is 0.496 e. The number of anilines is 2. The lowest BCUT2D eigenvalue weighted by molar-refractivity contribution is 0.0530. The van der Waals surface area contributed by atoms with E-state index in [0.29, 0.717) is 36.2 Å². The SMILES string of the molecule is COc1ccccc1-c1nc(NCCNC(=O)OC(C)(C)C)c2cc(N)ccc2n1. The van der Waals surface area contributed by atoms with Gasteiger partial charge in [0.2, 0.25) is 0 Å². The van der Waals surface area contributed by atoms with Gasteiger partial charge >= 0.3 is 6.09 Å². The van der Waals surface area contributed by atoms with Gasteiger partial charge in [0, 0.05) is 24.2 Å². The molecule has 2 aromatic carbocycles. The summed E-state index contributed by atoms with van der Waals surface area (Å²) in [5, 5.41) is 6.78. The van der Waals surface area contributed by atoms with Gasteiger partial charge in [-0.25, -0.2) is 14.8 Å². The molecule has 0 bridgehead atoms. The zero-order chi connectivity index (χ0) is 21.7. The van der Waals surface area contributed by atoms with Crippen LogP contribution in [0.15, 0.2) is 42.5 Å². The lowest BCUT2D eigenvalue weighted by Gasteiger charge is -2.19. The molecule has 0 saturated heterocycles. The minimum Gasteiger partial charge on any atom is -0.496 e. The fourth-order valence-electron chi connectivity index (χ4n) is 2.89. The Bertz CT molecular complexity index is 1050. The molecule has 4 N–H and O–H groups in total. The zero-order valence-electron chi connectivity index (χ0n) is 17.7. The number of ether oxygens (including phenoxy) is 2. The number of hydrogen-bond acceptors (Lipinski definition) is 7. The molecule has 3 rings (SSSR count). The average molecular weight is 409 g/mol. The summed E-state index contributed by atoms with van der Waals surface area (Å²) in [5.74, 6) is 1.84. The van der Waals surface area contributed by atoms with Crippen LogP contribution in [0.3, 0.4) is 0 Å². The van der Waals surface area contributed by atoms with E-state index in [-0.39, 0.29) is 0 Å². The smallest absolute Gasteiger partial charge is 0.407 e. The van der Waals surface area contributed by atoms with Gasteiger partial charge in [-0.1, -0.05) is 12.1 Å². The number of carbonyl (C=O) groups excluding carboxylic acids is 1. The van der Waals surface area contributed by atoms with Gasteiger partial charge in [-0.05, 0) is 51.1 Å². The Morgan fingerprint density at radius 1 is 1.10 bits per heavy atom. The van der Waals surface area contributed by atoms with Gasteiger partial charge in [-0.2, -0.15) is 0 Å². The molecule has 1 heterocycles. The number of aromatic nitrogens is 2. The second-order valence-corrected chi connectivity index (χ2v) is 7.73. The minimum absolute atomic E-state index is 0.368. The Morgan fingerprint density at radius 2 is 1.87 bits per heavy atom. The van der Waals surface area contributed by atoms with Crippen LogP contribution < -0.4 is 21.1 Å². The molecular weight excluding hydrogens is 382 g/mol. The first-order valence-electron chi connectivity index (χ1n) is 9.68. The van der Waals surface area contributed by atoms with E-state index < -0.39 is 11.7 Å². The number of nitrogens with zero attached hydrogens (tertiary/aromatic N) is 2. The number of hydrogen-bond donors (Lipinski definition) is 3. The molecule has 0 spiro atoms. The Morgan fingerprint density at radius 3 is 2.60 bits per heavy atom. The van der Waals surface area contributed by atoms with Crippen molar-refractivity contribution in [3.63, 3.8) is 0 Å². The molecule has 1 amide bonds. The highest BCUT2D eigenvalue weighted by Gasteiger charge is 2.16. The monoisotopic (exact) mass is 409 g/mol. The van der Waals surface area contributed by atoms with Gasteiger partial charge in [-0.3, -0.25) is 0 Å². The number of para-hydroxylation sites is 1. The van der Waals surface area contributed by atoms with Crippen LogP contribution in [0.2, 0.25) is 0 Å². The highest BCUT2D eigenvalue weighted by Crippen LogP contribution is 2.31. The summed E-state index contributed by atoms with van der Waals surface area (Å²) in [6.07, 6.45) is -0.462. The molecular formula is C22H27N5O3. The van der Waals surface area contributed by atoms with Crippen molar-refractivity contribution in [1.82, 2.24) is 15.3 Å². The molecule has 0 saturated carbocycles. The maximum atomic E-state index is 11.8. The molecule has 0 atom stereocenters. The van der Waals surface area contributed by atoms with Crippen LogP contribution in [0.1, 0.15) is 20.8 Å². The molecule has 8 nitrogen and oxygen atoms in total. The van der Waals surface area contributed by atoms with Crippen LogP contribution in [0.25, 0.3) is 22.3 Å². The third kappa shape index (κ3) is 5.28. The van der Waals surface area contributed by atoms with E-state index in [1.165, 1.54) is 0 Å². The molecule has 0 aliphatic heterocycles. The molecule has 8 heteroatoms. The van der Waals surface area contributed by atoms with E-state index in [1.807, 2.05) is 57.2 Å². The van der Waals surface area contributed by atoms with Crippen LogP contribution in [0.5, 0.6) is 5.75 Å². The number of carbonyl (C=O) groups is 1. The Labute approximate surface area is 175 Å². The van der Waals surface area contributed by atoms with Crippen molar-refractivity contribution in [2.45, 2.75) is 26.4 Å². The summed E-state index contributed by atoms with van der Waals surface area (Å²) in [5.41, 5.74) is 7.58. The van der Waals surface area contributed by atoms with E-state index in [4.69, 9.17) is 20.2 Å². The standard InChI is InChI=1S/C22H27N5O3/c1-22(2,3)30-21(28)25-12-11-24-19-16-13-14(23)9-10-17(16)26-20(27-19)15-7-5-6-8-18(15)29-4/h5-10,13H,11-12,23H2,1-4H3,(H,25,28)(H,24,26,27). The van der Waals surface area contributed by atoms with E-state index in [9.17, 15) is 4.79 Å². The molecule has 158 valence electrons. The van der Waals surface area contributed by atoms with Crippen LogP contribution in [0, 0.1) is 0 Å². The van der Waals surface area contributed by atoms with Gasteiger partial charge in [0.15, 0.2) is 5.82 Å². The van der Waals surface area contributed by atoms with E-state index >= 15 is 0 Å². The summed E-state index contributed by atoms with van der Waals surface area (Å²) < 4.78 is 10.7. The molecule has 0 aliphatic rings. The summed E-state index contributed by atoms with van der Waals surface area (Å²) in [6.45, 7) is 6.28. The fraction of sp³-hybridized carbons (Fsp3) is 0.318. The number of methoxy groups -OCH3 is 1. The predicted molar refractivity (Wildman–Crippen MR) is 119 cm³/mol. The van der Waals surface area contributed by atoms with Crippen molar-refractivity contribution in [3.05, 3.63) is 42.5 Å². The van der Waals surface area contributed by atoms with Crippen LogP contribution >= 0.6 is 0 Å². The second-order valence-electron chi connectivity index (χ2n) is 7.73.